The van der Waals surface area contributed by atoms with Crippen molar-refractivity contribution in [2.24, 2.45) is 0 Å². The van der Waals surface area contributed by atoms with Gasteiger partial charge >= 0.3 is 6.09 Å². The fraction of sp³-hybridized carbons (Fsp3) is 0.579. The van der Waals surface area contributed by atoms with E-state index in [4.69, 9.17) is 4.74 Å². The van der Waals surface area contributed by atoms with Gasteiger partial charge in [-0.3, -0.25) is 9.69 Å². The Morgan fingerprint density at radius 3 is 2.64 bits per heavy atom. The number of hydrogen-bond acceptors (Lipinski definition) is 4. The summed E-state index contributed by atoms with van der Waals surface area (Å²) in [7, 11) is 0. The van der Waals surface area contributed by atoms with Crippen LogP contribution in [-0.4, -0.2) is 48.6 Å². The Balaban J connectivity index is 1.30. The first-order valence-corrected chi connectivity index (χ1v) is 9.18. The predicted molar refractivity (Wildman–Crippen MR) is 95.0 cm³/mol. The molecule has 2 aliphatic rings. The third kappa shape index (κ3) is 5.46. The van der Waals surface area contributed by atoms with Crippen LogP contribution in [0.3, 0.4) is 0 Å². The van der Waals surface area contributed by atoms with E-state index in [1.54, 1.807) is 0 Å². The lowest BCUT2D eigenvalue weighted by molar-refractivity contribution is -0.120. The maximum atomic E-state index is 12.0. The highest BCUT2D eigenvalue weighted by molar-refractivity contribution is 5.82. The lowest BCUT2D eigenvalue weighted by atomic mass is 10.2. The average molecular weight is 345 g/mol. The lowest BCUT2D eigenvalue weighted by Crippen LogP contribution is -2.43. The Morgan fingerprint density at radius 2 is 1.88 bits per heavy atom. The van der Waals surface area contributed by atoms with Crippen LogP contribution < -0.4 is 10.6 Å². The monoisotopic (exact) mass is 345 g/mol. The van der Waals surface area contributed by atoms with E-state index < -0.39 is 6.09 Å². The zero-order valence-corrected chi connectivity index (χ0v) is 14.6. The van der Waals surface area contributed by atoms with Gasteiger partial charge in [0.05, 0.1) is 0 Å². The van der Waals surface area contributed by atoms with E-state index >= 15 is 0 Å². The number of nitrogens with zero attached hydrogens (tertiary/aromatic N) is 1. The normalized spacial score (nSPS) is 21.2. The molecule has 1 aliphatic carbocycles. The standard InChI is InChI=1S/C19H27N3O3/c23-18(12-20-19(24)25-14-15-6-2-1-3-7-15)21-16-10-11-22(13-16)17-8-4-5-9-17/h1-3,6-7,16-17H,4-5,8-14H2,(H,20,24)(H,21,23)/t16-/m0/s1. The lowest BCUT2D eigenvalue weighted by Gasteiger charge is -2.23. The Kier molecular flexibility index (Phi) is 6.28. The minimum Gasteiger partial charge on any atom is -0.445 e. The summed E-state index contributed by atoms with van der Waals surface area (Å²) in [6.07, 6.45) is 5.64. The van der Waals surface area contributed by atoms with Crippen LogP contribution in [0.5, 0.6) is 0 Å². The van der Waals surface area contributed by atoms with Crippen LogP contribution in [0.4, 0.5) is 4.79 Å². The molecule has 1 aromatic rings. The van der Waals surface area contributed by atoms with Crippen molar-refractivity contribution >= 4 is 12.0 Å². The van der Waals surface area contributed by atoms with Crippen LogP contribution in [0.1, 0.15) is 37.7 Å². The molecular formula is C19H27N3O3. The van der Waals surface area contributed by atoms with Gasteiger partial charge in [-0.15, -0.1) is 0 Å². The number of carbonyl (C=O) groups is 2. The molecule has 6 heteroatoms. The zero-order valence-electron chi connectivity index (χ0n) is 14.6. The highest BCUT2D eigenvalue weighted by Crippen LogP contribution is 2.26. The average Bonchev–Trinajstić information content (AvgIpc) is 3.30. The van der Waals surface area contributed by atoms with Crippen molar-refractivity contribution in [2.75, 3.05) is 19.6 Å². The number of benzene rings is 1. The molecule has 1 heterocycles. The van der Waals surface area contributed by atoms with E-state index in [9.17, 15) is 9.59 Å². The fourth-order valence-electron chi connectivity index (χ4n) is 3.71. The first-order chi connectivity index (χ1) is 12.2. The number of nitrogens with one attached hydrogen (secondary N) is 2. The summed E-state index contributed by atoms with van der Waals surface area (Å²) in [5.74, 6) is -0.157. The molecule has 6 nitrogen and oxygen atoms in total. The number of likely N-dealkylation sites (tertiary alicyclic amines) is 1. The molecule has 25 heavy (non-hydrogen) atoms. The van der Waals surface area contributed by atoms with Crippen LogP contribution in [0.25, 0.3) is 0 Å². The second-order valence-electron chi connectivity index (χ2n) is 6.90. The molecule has 0 aromatic heterocycles. The summed E-state index contributed by atoms with van der Waals surface area (Å²) in [4.78, 5) is 26.2. The molecule has 0 bridgehead atoms. The summed E-state index contributed by atoms with van der Waals surface area (Å²) in [5.41, 5.74) is 0.917. The third-order valence-electron chi connectivity index (χ3n) is 5.03. The SMILES string of the molecule is O=C(CNC(=O)OCc1ccccc1)N[C@H]1CCN(C2CCCC2)C1. The smallest absolute Gasteiger partial charge is 0.407 e. The van der Waals surface area contributed by atoms with Gasteiger partial charge in [0, 0.05) is 25.2 Å². The summed E-state index contributed by atoms with van der Waals surface area (Å²) >= 11 is 0. The van der Waals surface area contributed by atoms with Gasteiger partial charge in [-0.05, 0) is 24.8 Å². The second-order valence-corrected chi connectivity index (χ2v) is 6.90. The van der Waals surface area contributed by atoms with Crippen molar-refractivity contribution in [2.45, 2.75) is 50.8 Å². The van der Waals surface area contributed by atoms with Crippen LogP contribution in [0.15, 0.2) is 30.3 Å². The van der Waals surface area contributed by atoms with Crippen LogP contribution >= 0.6 is 0 Å². The molecular weight excluding hydrogens is 318 g/mol. The van der Waals surface area contributed by atoms with Gasteiger partial charge in [-0.2, -0.15) is 0 Å². The van der Waals surface area contributed by atoms with Crippen molar-refractivity contribution < 1.29 is 14.3 Å². The largest absolute Gasteiger partial charge is 0.445 e. The number of rotatable bonds is 6. The fourth-order valence-corrected chi connectivity index (χ4v) is 3.71. The maximum Gasteiger partial charge on any atom is 0.407 e. The zero-order chi connectivity index (χ0) is 17.5. The molecule has 0 radical (unpaired) electrons. The molecule has 2 fully saturated rings. The highest BCUT2D eigenvalue weighted by Gasteiger charge is 2.30. The topological polar surface area (TPSA) is 70.7 Å². The molecule has 0 unspecified atom stereocenters. The molecule has 1 aliphatic heterocycles. The van der Waals surface area contributed by atoms with E-state index in [1.165, 1.54) is 25.7 Å². The molecule has 2 N–H and O–H groups in total. The Morgan fingerprint density at radius 1 is 1.12 bits per heavy atom. The van der Waals surface area contributed by atoms with Crippen molar-refractivity contribution in [3.05, 3.63) is 35.9 Å². The molecule has 3 rings (SSSR count). The molecule has 2 amide bonds. The van der Waals surface area contributed by atoms with Gasteiger partial charge in [-0.1, -0.05) is 43.2 Å². The number of ether oxygens (including phenoxy) is 1. The van der Waals surface area contributed by atoms with Gasteiger partial charge in [0.2, 0.25) is 5.91 Å². The first kappa shape index (κ1) is 17.7. The van der Waals surface area contributed by atoms with Crippen molar-refractivity contribution in [3.63, 3.8) is 0 Å². The summed E-state index contributed by atoms with van der Waals surface area (Å²) in [6, 6.07) is 10.3. The van der Waals surface area contributed by atoms with E-state index in [2.05, 4.69) is 15.5 Å². The van der Waals surface area contributed by atoms with Crippen LogP contribution in [0, 0.1) is 0 Å². The van der Waals surface area contributed by atoms with Gasteiger partial charge < -0.3 is 15.4 Å². The van der Waals surface area contributed by atoms with Crippen molar-refractivity contribution in [1.82, 2.24) is 15.5 Å². The van der Waals surface area contributed by atoms with Gasteiger partial charge in [0.1, 0.15) is 13.2 Å². The molecule has 136 valence electrons. The van der Waals surface area contributed by atoms with Crippen LogP contribution in [-0.2, 0) is 16.1 Å². The highest BCUT2D eigenvalue weighted by atomic mass is 16.5. The van der Waals surface area contributed by atoms with Crippen molar-refractivity contribution in [3.8, 4) is 0 Å². The Labute approximate surface area is 148 Å². The Hall–Kier alpha value is -2.08. The predicted octanol–water partition coefficient (Wildman–Crippen LogP) is 2.05. The van der Waals surface area contributed by atoms with Crippen LogP contribution in [0.2, 0.25) is 0 Å². The van der Waals surface area contributed by atoms with Gasteiger partial charge in [-0.25, -0.2) is 4.79 Å². The minimum absolute atomic E-state index is 0.0481. The maximum absolute atomic E-state index is 12.0. The molecule has 1 atom stereocenters. The van der Waals surface area contributed by atoms with Gasteiger partial charge in [0.25, 0.3) is 0 Å². The number of carbonyl (C=O) groups excluding carboxylic acids is 2. The quantitative estimate of drug-likeness (QED) is 0.828. The Bertz CT molecular complexity index is 573. The minimum atomic E-state index is -0.571. The first-order valence-electron chi connectivity index (χ1n) is 9.18. The molecule has 1 aromatic carbocycles. The molecule has 1 saturated heterocycles. The summed E-state index contributed by atoms with van der Waals surface area (Å²) in [6.45, 7) is 2.14. The van der Waals surface area contributed by atoms with E-state index in [0.717, 1.165) is 25.1 Å². The number of alkyl carbamates (subject to hydrolysis) is 1. The van der Waals surface area contributed by atoms with Gasteiger partial charge in [0.15, 0.2) is 0 Å². The summed E-state index contributed by atoms with van der Waals surface area (Å²) < 4.78 is 5.09. The third-order valence-corrected chi connectivity index (χ3v) is 5.03. The van der Waals surface area contributed by atoms with E-state index in [-0.39, 0.29) is 25.1 Å². The van der Waals surface area contributed by atoms with E-state index in [0.29, 0.717) is 6.04 Å². The second kappa shape index (κ2) is 8.85. The molecule has 1 saturated carbocycles. The number of amides is 2. The van der Waals surface area contributed by atoms with Crippen molar-refractivity contribution in [1.29, 1.82) is 0 Å². The van der Waals surface area contributed by atoms with E-state index in [1.807, 2.05) is 30.3 Å². The number of hydrogen-bond donors (Lipinski definition) is 2. The summed E-state index contributed by atoms with van der Waals surface area (Å²) in [5, 5.41) is 5.52. The molecule has 0 spiro atoms.